The number of urea groups is 1. The molecule has 1 atom stereocenters. The number of carboxylic acids is 1. The first-order chi connectivity index (χ1) is 9.10. The van der Waals surface area contributed by atoms with Crippen molar-refractivity contribution in [2.75, 3.05) is 24.7 Å². The number of hydrogen-bond acceptors (Lipinski definition) is 4. The van der Waals surface area contributed by atoms with Crippen molar-refractivity contribution in [3.05, 3.63) is 18.3 Å². The van der Waals surface area contributed by atoms with E-state index in [1.54, 1.807) is 24.0 Å². The van der Waals surface area contributed by atoms with Gasteiger partial charge in [-0.25, -0.2) is 9.78 Å². The number of carboxylic acid groups (broad SMARTS) is 1. The summed E-state index contributed by atoms with van der Waals surface area (Å²) in [6, 6.07) is 3.30. The highest BCUT2D eigenvalue weighted by molar-refractivity contribution is 7.98. The molecule has 2 rings (SSSR count). The zero-order valence-corrected chi connectivity index (χ0v) is 11.3. The van der Waals surface area contributed by atoms with Crippen LogP contribution in [0.4, 0.5) is 10.6 Å². The summed E-state index contributed by atoms with van der Waals surface area (Å²) in [5.74, 6) is -0.836. The molecule has 7 heteroatoms. The minimum atomic E-state index is -0.849. The number of hydrogen-bond donors (Lipinski definition) is 2. The maximum atomic E-state index is 11.9. The molecule has 1 aliphatic heterocycles. The minimum Gasteiger partial charge on any atom is -0.481 e. The number of anilines is 1. The maximum absolute atomic E-state index is 11.9. The Bertz CT molecular complexity index is 478. The fraction of sp³-hybridized carbons (Fsp3) is 0.417. The van der Waals surface area contributed by atoms with Crippen molar-refractivity contribution in [2.24, 2.45) is 5.92 Å². The highest BCUT2D eigenvalue weighted by Gasteiger charge is 2.30. The van der Waals surface area contributed by atoms with Crippen molar-refractivity contribution in [1.29, 1.82) is 0 Å². The van der Waals surface area contributed by atoms with E-state index in [4.69, 9.17) is 5.11 Å². The van der Waals surface area contributed by atoms with Gasteiger partial charge in [-0.15, -0.1) is 11.8 Å². The van der Waals surface area contributed by atoms with Crippen LogP contribution < -0.4 is 5.32 Å². The van der Waals surface area contributed by atoms with E-state index in [0.717, 1.165) is 4.90 Å². The first kappa shape index (κ1) is 13.7. The molecule has 1 aromatic rings. The van der Waals surface area contributed by atoms with Gasteiger partial charge in [0.25, 0.3) is 0 Å². The first-order valence-electron chi connectivity index (χ1n) is 5.89. The third-order valence-corrected chi connectivity index (χ3v) is 3.74. The molecule has 1 saturated heterocycles. The van der Waals surface area contributed by atoms with Gasteiger partial charge in [0, 0.05) is 24.2 Å². The van der Waals surface area contributed by atoms with Crippen molar-refractivity contribution >= 4 is 29.6 Å². The van der Waals surface area contributed by atoms with Gasteiger partial charge >= 0.3 is 12.0 Å². The maximum Gasteiger partial charge on any atom is 0.323 e. The van der Waals surface area contributed by atoms with Gasteiger partial charge in [-0.05, 0) is 24.8 Å². The number of thioether (sulfide) groups is 1. The second kappa shape index (κ2) is 5.92. The van der Waals surface area contributed by atoms with E-state index in [1.165, 1.54) is 4.90 Å². The molecule has 19 heavy (non-hydrogen) atoms. The van der Waals surface area contributed by atoms with E-state index in [9.17, 15) is 9.59 Å². The van der Waals surface area contributed by atoms with E-state index in [-0.39, 0.29) is 12.6 Å². The minimum absolute atomic E-state index is 0.254. The Morgan fingerprint density at radius 3 is 2.84 bits per heavy atom. The van der Waals surface area contributed by atoms with E-state index >= 15 is 0 Å². The lowest BCUT2D eigenvalue weighted by atomic mass is 10.1. The monoisotopic (exact) mass is 281 g/mol. The summed E-state index contributed by atoms with van der Waals surface area (Å²) in [7, 11) is 0. The van der Waals surface area contributed by atoms with E-state index in [2.05, 4.69) is 10.3 Å². The van der Waals surface area contributed by atoms with E-state index < -0.39 is 11.9 Å². The molecule has 1 aliphatic rings. The van der Waals surface area contributed by atoms with Crippen LogP contribution in [0.25, 0.3) is 0 Å². The molecule has 1 unspecified atom stereocenters. The molecule has 0 spiro atoms. The Morgan fingerprint density at radius 1 is 1.53 bits per heavy atom. The molecule has 102 valence electrons. The smallest absolute Gasteiger partial charge is 0.323 e. The van der Waals surface area contributed by atoms with Crippen molar-refractivity contribution in [2.45, 2.75) is 11.3 Å². The number of likely N-dealkylation sites (tertiary alicyclic amines) is 1. The summed E-state index contributed by atoms with van der Waals surface area (Å²) in [5, 5.41) is 11.6. The van der Waals surface area contributed by atoms with Crippen molar-refractivity contribution in [3.8, 4) is 0 Å². The quantitative estimate of drug-likeness (QED) is 0.825. The van der Waals surface area contributed by atoms with Gasteiger partial charge in [0.1, 0.15) is 5.82 Å². The molecule has 2 amide bonds. The summed E-state index contributed by atoms with van der Waals surface area (Å²) in [5.41, 5.74) is 0. The standard InChI is InChI=1S/C12H15N3O3S/c1-19-9-2-3-10(13-6-9)14-12(18)15-5-4-8(7-15)11(16)17/h2-3,6,8H,4-5,7H2,1H3,(H,16,17)(H,13,14,18). The van der Waals surface area contributed by atoms with Crippen LogP contribution in [0.1, 0.15) is 6.42 Å². The molecule has 0 aliphatic carbocycles. The van der Waals surface area contributed by atoms with Gasteiger partial charge in [-0.1, -0.05) is 0 Å². The molecule has 2 N–H and O–H groups in total. The lowest BCUT2D eigenvalue weighted by Gasteiger charge is -2.16. The molecule has 0 saturated carbocycles. The first-order valence-corrected chi connectivity index (χ1v) is 7.11. The average molecular weight is 281 g/mol. The number of nitrogens with one attached hydrogen (secondary N) is 1. The molecule has 1 fully saturated rings. The van der Waals surface area contributed by atoms with Crippen molar-refractivity contribution in [1.82, 2.24) is 9.88 Å². The zero-order valence-electron chi connectivity index (χ0n) is 10.5. The lowest BCUT2D eigenvalue weighted by Crippen LogP contribution is -2.34. The molecule has 2 heterocycles. The lowest BCUT2D eigenvalue weighted by molar-refractivity contribution is -0.141. The number of carbonyl (C=O) groups is 2. The second-order valence-corrected chi connectivity index (χ2v) is 5.16. The summed E-state index contributed by atoms with van der Waals surface area (Å²) >= 11 is 1.57. The van der Waals surface area contributed by atoms with Crippen LogP contribution in [0.15, 0.2) is 23.2 Å². The summed E-state index contributed by atoms with van der Waals surface area (Å²) < 4.78 is 0. The van der Waals surface area contributed by atoms with Crippen LogP contribution in [0.2, 0.25) is 0 Å². The van der Waals surface area contributed by atoms with Gasteiger partial charge in [-0.2, -0.15) is 0 Å². The van der Waals surface area contributed by atoms with Gasteiger partial charge in [-0.3, -0.25) is 10.1 Å². The molecule has 0 bridgehead atoms. The van der Waals surface area contributed by atoms with Gasteiger partial charge in [0.2, 0.25) is 0 Å². The number of amides is 2. The van der Waals surface area contributed by atoms with Crippen LogP contribution in [0.5, 0.6) is 0 Å². The van der Waals surface area contributed by atoms with Gasteiger partial charge < -0.3 is 10.0 Å². The molecule has 6 nitrogen and oxygen atoms in total. The number of rotatable bonds is 3. The number of pyridine rings is 1. The number of aliphatic carboxylic acids is 1. The number of aromatic nitrogens is 1. The third-order valence-electron chi connectivity index (χ3n) is 3.03. The van der Waals surface area contributed by atoms with Crippen molar-refractivity contribution < 1.29 is 14.7 Å². The predicted octanol–water partition coefficient (Wildman–Crippen LogP) is 1.74. The SMILES string of the molecule is CSc1ccc(NC(=O)N2CCC(C(=O)O)C2)nc1. The number of nitrogens with zero attached hydrogens (tertiary/aromatic N) is 2. The highest BCUT2D eigenvalue weighted by Crippen LogP contribution is 2.18. The molecular weight excluding hydrogens is 266 g/mol. The van der Waals surface area contributed by atoms with E-state index in [1.807, 2.05) is 12.3 Å². The Hall–Kier alpha value is -1.76. The van der Waals surface area contributed by atoms with Crippen LogP contribution in [-0.2, 0) is 4.79 Å². The fourth-order valence-electron chi connectivity index (χ4n) is 1.91. The summed E-state index contributed by atoms with van der Waals surface area (Å²) in [6.07, 6.45) is 4.14. The van der Waals surface area contributed by atoms with E-state index in [0.29, 0.717) is 18.8 Å². The van der Waals surface area contributed by atoms with Crippen LogP contribution in [0, 0.1) is 5.92 Å². The fourth-order valence-corrected chi connectivity index (χ4v) is 2.27. The predicted molar refractivity (Wildman–Crippen MR) is 72.4 cm³/mol. The molecule has 1 aromatic heterocycles. The largest absolute Gasteiger partial charge is 0.481 e. The third kappa shape index (κ3) is 3.37. The molecule has 0 aromatic carbocycles. The second-order valence-electron chi connectivity index (χ2n) is 4.28. The summed E-state index contributed by atoms with van der Waals surface area (Å²) in [6.45, 7) is 0.718. The Kier molecular flexibility index (Phi) is 4.26. The number of carbonyl (C=O) groups excluding carboxylic acids is 1. The Balaban J connectivity index is 1.92. The average Bonchev–Trinajstić information content (AvgIpc) is 2.89. The van der Waals surface area contributed by atoms with Gasteiger partial charge in [0.05, 0.1) is 5.92 Å². The summed E-state index contributed by atoms with van der Waals surface area (Å²) in [4.78, 5) is 29.4. The molecule has 0 radical (unpaired) electrons. The van der Waals surface area contributed by atoms with Gasteiger partial charge in [0.15, 0.2) is 0 Å². The Labute approximate surface area is 115 Å². The normalized spacial score (nSPS) is 18.4. The topological polar surface area (TPSA) is 82.5 Å². The van der Waals surface area contributed by atoms with Crippen molar-refractivity contribution in [3.63, 3.8) is 0 Å². The van der Waals surface area contributed by atoms with Crippen LogP contribution in [0.3, 0.4) is 0 Å². The Morgan fingerprint density at radius 2 is 2.32 bits per heavy atom. The highest BCUT2D eigenvalue weighted by atomic mass is 32.2. The van der Waals surface area contributed by atoms with Crippen LogP contribution >= 0.6 is 11.8 Å². The zero-order chi connectivity index (χ0) is 13.8. The molecular formula is C12H15N3O3S. The van der Waals surface area contributed by atoms with Crippen LogP contribution in [-0.4, -0.2) is 46.3 Å².